The van der Waals surface area contributed by atoms with Gasteiger partial charge in [-0.25, -0.2) is 9.78 Å². The van der Waals surface area contributed by atoms with Gasteiger partial charge >= 0.3 is 5.63 Å². The van der Waals surface area contributed by atoms with Gasteiger partial charge in [0.15, 0.2) is 11.5 Å². The molecule has 0 unspecified atom stereocenters. The van der Waals surface area contributed by atoms with Crippen LogP contribution in [0.4, 0.5) is 0 Å². The number of hydrogen-bond donors (Lipinski definition) is 0. The Hall–Kier alpha value is -3.08. The monoisotopic (exact) mass is 323 g/mol. The maximum absolute atomic E-state index is 12.2. The van der Waals surface area contributed by atoms with E-state index in [2.05, 4.69) is 4.98 Å². The molecule has 3 aromatic rings. The molecule has 0 radical (unpaired) electrons. The van der Waals surface area contributed by atoms with Gasteiger partial charge in [-0.15, -0.1) is 0 Å². The van der Waals surface area contributed by atoms with Crippen molar-refractivity contribution in [2.75, 3.05) is 14.2 Å². The number of benzene rings is 2. The molecule has 24 heavy (non-hydrogen) atoms. The summed E-state index contributed by atoms with van der Waals surface area (Å²) in [6.07, 6.45) is 3.51. The Bertz CT molecular complexity index is 956. The first kappa shape index (κ1) is 15.8. The zero-order chi connectivity index (χ0) is 17.1. The SMILES string of the molecule is COc1cc2nc(/C=C/c3ccc(C)cc3)oc(=O)c2cc1OC. The minimum absolute atomic E-state index is 0.236. The summed E-state index contributed by atoms with van der Waals surface area (Å²) in [4.78, 5) is 16.6. The van der Waals surface area contributed by atoms with Gasteiger partial charge in [-0.05, 0) is 18.6 Å². The summed E-state index contributed by atoms with van der Waals surface area (Å²) in [5, 5.41) is 0.347. The van der Waals surface area contributed by atoms with Crippen molar-refractivity contribution in [2.45, 2.75) is 6.92 Å². The third kappa shape index (κ3) is 3.15. The molecule has 0 aliphatic carbocycles. The number of nitrogens with zero attached hydrogens (tertiary/aromatic N) is 1. The van der Waals surface area contributed by atoms with Crippen molar-refractivity contribution in [1.29, 1.82) is 0 Å². The molecule has 0 aliphatic heterocycles. The number of rotatable bonds is 4. The van der Waals surface area contributed by atoms with Crippen LogP contribution in [-0.2, 0) is 0 Å². The standard InChI is InChI=1S/C19H17NO4/c1-12-4-6-13(7-5-12)8-9-18-20-15-11-17(23-3)16(22-2)10-14(15)19(21)24-18/h4-11H,1-3H3/b9-8+. The van der Waals surface area contributed by atoms with Crippen LogP contribution in [0.5, 0.6) is 11.5 Å². The highest BCUT2D eigenvalue weighted by Crippen LogP contribution is 2.30. The molecule has 0 saturated heterocycles. The van der Waals surface area contributed by atoms with Crippen LogP contribution >= 0.6 is 0 Å². The summed E-state index contributed by atoms with van der Waals surface area (Å²) < 4.78 is 15.7. The Labute approximate surface area is 139 Å². The van der Waals surface area contributed by atoms with Crippen molar-refractivity contribution in [2.24, 2.45) is 0 Å². The fourth-order valence-electron chi connectivity index (χ4n) is 2.33. The summed E-state index contributed by atoms with van der Waals surface area (Å²) in [7, 11) is 3.05. The van der Waals surface area contributed by atoms with Crippen molar-refractivity contribution < 1.29 is 13.9 Å². The van der Waals surface area contributed by atoms with Crippen molar-refractivity contribution in [3.8, 4) is 11.5 Å². The highest BCUT2D eigenvalue weighted by atomic mass is 16.5. The second-order valence-corrected chi connectivity index (χ2v) is 5.31. The van der Waals surface area contributed by atoms with Gasteiger partial charge in [-0.3, -0.25) is 0 Å². The lowest BCUT2D eigenvalue weighted by Gasteiger charge is -2.08. The van der Waals surface area contributed by atoms with E-state index >= 15 is 0 Å². The fraction of sp³-hybridized carbons (Fsp3) is 0.158. The summed E-state index contributed by atoms with van der Waals surface area (Å²) in [5.41, 5.74) is 2.21. The molecule has 0 spiro atoms. The molecule has 122 valence electrons. The van der Waals surface area contributed by atoms with Crippen LogP contribution in [0.3, 0.4) is 0 Å². The second-order valence-electron chi connectivity index (χ2n) is 5.31. The van der Waals surface area contributed by atoms with E-state index in [-0.39, 0.29) is 5.89 Å². The lowest BCUT2D eigenvalue weighted by molar-refractivity contribution is 0.355. The molecule has 0 atom stereocenters. The smallest absolute Gasteiger partial charge is 0.347 e. The largest absolute Gasteiger partial charge is 0.493 e. The Balaban J connectivity index is 2.03. The molecule has 2 aromatic carbocycles. The zero-order valence-electron chi connectivity index (χ0n) is 13.7. The number of aromatic nitrogens is 1. The van der Waals surface area contributed by atoms with Gasteiger partial charge in [-0.2, -0.15) is 0 Å². The molecule has 0 bridgehead atoms. The molecule has 1 heterocycles. The van der Waals surface area contributed by atoms with Gasteiger partial charge in [-0.1, -0.05) is 29.8 Å². The number of methoxy groups -OCH3 is 2. The van der Waals surface area contributed by atoms with E-state index < -0.39 is 5.63 Å². The summed E-state index contributed by atoms with van der Waals surface area (Å²) in [5.74, 6) is 1.21. The number of fused-ring (bicyclic) bond motifs is 1. The summed E-state index contributed by atoms with van der Waals surface area (Å²) in [6.45, 7) is 2.03. The van der Waals surface area contributed by atoms with Gasteiger partial charge < -0.3 is 13.9 Å². The molecular weight excluding hydrogens is 306 g/mol. The lowest BCUT2D eigenvalue weighted by Crippen LogP contribution is -2.04. The normalized spacial score (nSPS) is 11.1. The first-order chi connectivity index (χ1) is 11.6. The lowest BCUT2D eigenvalue weighted by atomic mass is 10.1. The van der Waals surface area contributed by atoms with Crippen molar-refractivity contribution in [1.82, 2.24) is 4.98 Å². The minimum Gasteiger partial charge on any atom is -0.493 e. The van der Waals surface area contributed by atoms with E-state index in [9.17, 15) is 4.79 Å². The topological polar surface area (TPSA) is 61.6 Å². The zero-order valence-corrected chi connectivity index (χ0v) is 13.7. The van der Waals surface area contributed by atoms with Gasteiger partial charge in [0, 0.05) is 18.2 Å². The summed E-state index contributed by atoms with van der Waals surface area (Å²) in [6, 6.07) is 11.2. The first-order valence-electron chi connectivity index (χ1n) is 7.42. The van der Waals surface area contributed by atoms with Crippen LogP contribution in [0, 0.1) is 6.92 Å². The van der Waals surface area contributed by atoms with E-state index in [0.717, 1.165) is 5.56 Å². The second kappa shape index (κ2) is 6.58. The Morgan fingerprint density at radius 2 is 1.67 bits per heavy atom. The third-order valence-electron chi connectivity index (χ3n) is 3.65. The Morgan fingerprint density at radius 1 is 1.00 bits per heavy atom. The molecule has 5 heteroatoms. The molecule has 0 N–H and O–H groups in total. The number of ether oxygens (including phenoxy) is 2. The number of aryl methyl sites for hydroxylation is 1. The van der Waals surface area contributed by atoms with E-state index in [1.54, 1.807) is 18.2 Å². The predicted octanol–water partition coefficient (Wildman–Crippen LogP) is 3.68. The highest BCUT2D eigenvalue weighted by Gasteiger charge is 2.11. The van der Waals surface area contributed by atoms with Crippen molar-refractivity contribution in [3.63, 3.8) is 0 Å². The first-order valence-corrected chi connectivity index (χ1v) is 7.42. The van der Waals surface area contributed by atoms with Crippen LogP contribution in [0.1, 0.15) is 17.0 Å². The molecule has 0 amide bonds. The molecule has 5 nitrogen and oxygen atoms in total. The molecule has 0 fully saturated rings. The average Bonchev–Trinajstić information content (AvgIpc) is 2.60. The average molecular weight is 323 g/mol. The van der Waals surface area contributed by atoms with E-state index in [1.165, 1.54) is 19.8 Å². The maximum Gasteiger partial charge on any atom is 0.347 e. The van der Waals surface area contributed by atoms with E-state index in [4.69, 9.17) is 13.9 Å². The molecule has 3 rings (SSSR count). The Kier molecular flexibility index (Phi) is 4.33. The van der Waals surface area contributed by atoms with Gasteiger partial charge in [0.05, 0.1) is 25.1 Å². The van der Waals surface area contributed by atoms with E-state index in [0.29, 0.717) is 22.4 Å². The van der Waals surface area contributed by atoms with Gasteiger partial charge in [0.1, 0.15) is 0 Å². The quantitative estimate of drug-likeness (QED) is 0.733. The molecule has 0 aliphatic rings. The fourth-order valence-corrected chi connectivity index (χ4v) is 2.33. The van der Waals surface area contributed by atoms with E-state index in [1.807, 2.05) is 37.3 Å². The van der Waals surface area contributed by atoms with Crippen LogP contribution in [-0.4, -0.2) is 19.2 Å². The Morgan fingerprint density at radius 3 is 2.33 bits per heavy atom. The molecule has 1 aromatic heterocycles. The maximum atomic E-state index is 12.2. The van der Waals surface area contributed by atoms with Gasteiger partial charge in [0.2, 0.25) is 5.89 Å². The molecular formula is C19H17NO4. The van der Waals surface area contributed by atoms with Gasteiger partial charge in [0.25, 0.3) is 0 Å². The summed E-state index contributed by atoms with van der Waals surface area (Å²) >= 11 is 0. The van der Waals surface area contributed by atoms with Crippen molar-refractivity contribution in [3.05, 3.63) is 63.8 Å². The van der Waals surface area contributed by atoms with Crippen LogP contribution in [0.15, 0.2) is 45.6 Å². The number of hydrogen-bond acceptors (Lipinski definition) is 5. The van der Waals surface area contributed by atoms with Crippen LogP contribution < -0.4 is 15.1 Å². The highest BCUT2D eigenvalue weighted by molar-refractivity contribution is 5.82. The molecule has 0 saturated carbocycles. The van der Waals surface area contributed by atoms with Crippen molar-refractivity contribution >= 4 is 23.1 Å². The van der Waals surface area contributed by atoms with Crippen LogP contribution in [0.25, 0.3) is 23.1 Å². The van der Waals surface area contributed by atoms with Crippen LogP contribution in [0.2, 0.25) is 0 Å². The predicted molar refractivity (Wildman–Crippen MR) is 93.5 cm³/mol. The third-order valence-corrected chi connectivity index (χ3v) is 3.65. The minimum atomic E-state index is -0.468.